The van der Waals surface area contributed by atoms with E-state index in [1.54, 1.807) is 6.07 Å². The van der Waals surface area contributed by atoms with E-state index in [-0.39, 0.29) is 18.7 Å². The zero-order valence-electron chi connectivity index (χ0n) is 11.8. The van der Waals surface area contributed by atoms with Crippen LogP contribution in [0.25, 0.3) is 0 Å². The van der Waals surface area contributed by atoms with Gasteiger partial charge in [-0.15, -0.1) is 0 Å². The number of anilines is 1. The minimum Gasteiger partial charge on any atom is -0.491 e. The third kappa shape index (κ3) is 2.25. The molecule has 1 fully saturated rings. The second kappa shape index (κ2) is 5.30. The van der Waals surface area contributed by atoms with Crippen LogP contribution in [0.4, 0.5) is 27.6 Å². The minimum atomic E-state index is -4.59. The number of rotatable bonds is 2. The number of ether oxygens (including phenoxy) is 1. The Morgan fingerprint density at radius 3 is 2.50 bits per heavy atom. The van der Waals surface area contributed by atoms with Gasteiger partial charge in [-0.05, 0) is 25.5 Å². The van der Waals surface area contributed by atoms with Crippen molar-refractivity contribution in [3.63, 3.8) is 0 Å². The monoisotopic (exact) mass is 320 g/mol. The van der Waals surface area contributed by atoms with Crippen molar-refractivity contribution in [2.45, 2.75) is 25.6 Å². The molecule has 1 saturated heterocycles. The van der Waals surface area contributed by atoms with Crippen LogP contribution in [0.2, 0.25) is 0 Å². The Labute approximate surface area is 123 Å². The summed E-state index contributed by atoms with van der Waals surface area (Å²) in [6, 6.07) is 1.99. The standard InChI is InChI=1S/C14H13F5N2O/c1-13(14(17,18)19)5-6-21(10(13)7-20)9-4-3-8(15)11(16)12(9)22-2/h3-4,10H,5-6H2,1-2H3. The predicted molar refractivity (Wildman–Crippen MR) is 68.4 cm³/mol. The summed E-state index contributed by atoms with van der Waals surface area (Å²) in [4.78, 5) is 1.11. The van der Waals surface area contributed by atoms with Crippen molar-refractivity contribution in [2.75, 3.05) is 18.6 Å². The van der Waals surface area contributed by atoms with Crippen LogP contribution in [-0.4, -0.2) is 25.9 Å². The van der Waals surface area contributed by atoms with Gasteiger partial charge in [0.15, 0.2) is 11.6 Å². The number of alkyl halides is 3. The lowest BCUT2D eigenvalue weighted by Crippen LogP contribution is -2.46. The Kier molecular flexibility index (Phi) is 3.94. The van der Waals surface area contributed by atoms with E-state index in [0.29, 0.717) is 0 Å². The fraction of sp³-hybridized carbons (Fsp3) is 0.500. The molecule has 2 unspecified atom stereocenters. The van der Waals surface area contributed by atoms with Crippen LogP contribution in [0.1, 0.15) is 13.3 Å². The maximum absolute atomic E-state index is 13.7. The zero-order chi connectivity index (χ0) is 16.7. The summed E-state index contributed by atoms with van der Waals surface area (Å²) in [5.41, 5.74) is -2.32. The highest BCUT2D eigenvalue weighted by Gasteiger charge is 2.61. The lowest BCUT2D eigenvalue weighted by atomic mass is 9.82. The molecule has 22 heavy (non-hydrogen) atoms. The van der Waals surface area contributed by atoms with E-state index in [1.807, 2.05) is 0 Å². The van der Waals surface area contributed by atoms with Gasteiger partial charge in [0.05, 0.1) is 24.3 Å². The topological polar surface area (TPSA) is 36.3 Å². The molecule has 3 nitrogen and oxygen atoms in total. The number of benzene rings is 1. The van der Waals surface area contributed by atoms with Gasteiger partial charge in [-0.3, -0.25) is 0 Å². The molecule has 0 bridgehead atoms. The Hall–Kier alpha value is -2.04. The van der Waals surface area contributed by atoms with Crippen LogP contribution in [0.15, 0.2) is 12.1 Å². The van der Waals surface area contributed by atoms with Crippen LogP contribution in [-0.2, 0) is 0 Å². The summed E-state index contributed by atoms with van der Waals surface area (Å²) >= 11 is 0. The van der Waals surface area contributed by atoms with E-state index < -0.39 is 35.0 Å². The molecule has 8 heteroatoms. The molecule has 1 aromatic rings. The number of hydrogen-bond acceptors (Lipinski definition) is 3. The van der Waals surface area contributed by atoms with Gasteiger partial charge in [0.2, 0.25) is 5.82 Å². The Bertz CT molecular complexity index is 625. The van der Waals surface area contributed by atoms with Crippen LogP contribution in [0, 0.1) is 28.4 Å². The summed E-state index contributed by atoms with van der Waals surface area (Å²) in [5, 5.41) is 9.18. The van der Waals surface area contributed by atoms with Crippen LogP contribution in [0.5, 0.6) is 5.75 Å². The lowest BCUT2D eigenvalue weighted by molar-refractivity contribution is -0.215. The quantitative estimate of drug-likeness (QED) is 0.781. The predicted octanol–water partition coefficient (Wildman–Crippen LogP) is 3.64. The van der Waals surface area contributed by atoms with Gasteiger partial charge in [0, 0.05) is 6.54 Å². The first-order chi connectivity index (χ1) is 10.2. The largest absolute Gasteiger partial charge is 0.491 e. The van der Waals surface area contributed by atoms with Crippen molar-refractivity contribution in [3.05, 3.63) is 23.8 Å². The third-order valence-corrected chi connectivity index (χ3v) is 4.10. The molecule has 0 N–H and O–H groups in total. The normalized spacial score (nSPS) is 25.2. The van der Waals surface area contributed by atoms with Gasteiger partial charge in [-0.2, -0.15) is 22.8 Å². The highest BCUT2D eigenvalue weighted by Crippen LogP contribution is 2.51. The molecule has 120 valence electrons. The number of methoxy groups -OCH3 is 1. The van der Waals surface area contributed by atoms with E-state index in [4.69, 9.17) is 4.74 Å². The maximum Gasteiger partial charge on any atom is 0.397 e. The third-order valence-electron chi connectivity index (χ3n) is 4.10. The molecule has 0 spiro atoms. The van der Waals surface area contributed by atoms with Crippen molar-refractivity contribution in [1.82, 2.24) is 0 Å². The van der Waals surface area contributed by atoms with Crippen molar-refractivity contribution in [1.29, 1.82) is 5.26 Å². The fourth-order valence-corrected chi connectivity index (χ4v) is 2.67. The highest BCUT2D eigenvalue weighted by atomic mass is 19.4. The first-order valence-corrected chi connectivity index (χ1v) is 6.42. The van der Waals surface area contributed by atoms with Gasteiger partial charge in [0.25, 0.3) is 0 Å². The van der Waals surface area contributed by atoms with E-state index in [1.165, 1.54) is 0 Å². The Morgan fingerprint density at radius 2 is 2.00 bits per heavy atom. The fourth-order valence-electron chi connectivity index (χ4n) is 2.67. The average Bonchev–Trinajstić information content (AvgIpc) is 2.79. The van der Waals surface area contributed by atoms with Crippen molar-refractivity contribution in [3.8, 4) is 11.8 Å². The summed E-state index contributed by atoms with van der Waals surface area (Å²) in [6.45, 7) is 0.836. The molecule has 0 amide bonds. The number of hydrogen-bond donors (Lipinski definition) is 0. The molecule has 0 aliphatic carbocycles. The second-order valence-corrected chi connectivity index (χ2v) is 5.30. The molecule has 1 aromatic carbocycles. The first kappa shape index (κ1) is 16.3. The Morgan fingerprint density at radius 1 is 1.36 bits per heavy atom. The first-order valence-electron chi connectivity index (χ1n) is 6.42. The van der Waals surface area contributed by atoms with Gasteiger partial charge in [0.1, 0.15) is 6.04 Å². The van der Waals surface area contributed by atoms with Gasteiger partial charge in [-0.1, -0.05) is 0 Å². The van der Waals surface area contributed by atoms with E-state index in [9.17, 15) is 27.2 Å². The zero-order valence-corrected chi connectivity index (χ0v) is 11.8. The van der Waals surface area contributed by atoms with Crippen molar-refractivity contribution in [2.24, 2.45) is 5.41 Å². The van der Waals surface area contributed by atoms with Gasteiger partial charge in [-0.25, -0.2) is 4.39 Å². The van der Waals surface area contributed by atoms with E-state index in [0.717, 1.165) is 31.1 Å². The number of nitrogens with zero attached hydrogens (tertiary/aromatic N) is 2. The SMILES string of the molecule is COc1c(N2CCC(C)(C(F)(F)F)C2C#N)ccc(F)c1F. The molecule has 1 heterocycles. The van der Waals surface area contributed by atoms with Crippen LogP contribution in [0.3, 0.4) is 0 Å². The Balaban J connectivity index is 2.52. The molecule has 2 rings (SSSR count). The molecule has 0 aromatic heterocycles. The molecule has 1 aliphatic heterocycles. The summed E-state index contributed by atoms with van der Waals surface area (Å²) in [7, 11) is 1.09. The summed E-state index contributed by atoms with van der Waals surface area (Å²) in [5.74, 6) is -2.98. The van der Waals surface area contributed by atoms with Crippen molar-refractivity contribution >= 4 is 5.69 Å². The maximum atomic E-state index is 13.7. The number of halogens is 5. The summed E-state index contributed by atoms with van der Waals surface area (Å²) in [6.07, 6.45) is -4.91. The van der Waals surface area contributed by atoms with Crippen molar-refractivity contribution < 1.29 is 26.7 Å². The van der Waals surface area contributed by atoms with Gasteiger partial charge >= 0.3 is 6.18 Å². The smallest absolute Gasteiger partial charge is 0.397 e. The average molecular weight is 320 g/mol. The molecule has 0 saturated carbocycles. The molecule has 0 radical (unpaired) electrons. The minimum absolute atomic E-state index is 0.0686. The van der Waals surface area contributed by atoms with E-state index >= 15 is 0 Å². The van der Waals surface area contributed by atoms with Crippen LogP contribution < -0.4 is 9.64 Å². The van der Waals surface area contributed by atoms with E-state index in [2.05, 4.69) is 0 Å². The molecular weight excluding hydrogens is 307 g/mol. The second-order valence-electron chi connectivity index (χ2n) is 5.30. The number of nitriles is 1. The highest BCUT2D eigenvalue weighted by molar-refractivity contribution is 5.62. The van der Waals surface area contributed by atoms with Crippen LogP contribution >= 0.6 is 0 Å². The lowest BCUT2D eigenvalue weighted by Gasteiger charge is -2.33. The molecule has 2 atom stereocenters. The van der Waals surface area contributed by atoms with Gasteiger partial charge < -0.3 is 9.64 Å². The summed E-state index contributed by atoms with van der Waals surface area (Å²) < 4.78 is 71.5. The molecular formula is C14H13F5N2O. The molecule has 1 aliphatic rings.